The van der Waals surface area contributed by atoms with Gasteiger partial charge in [-0.15, -0.1) is 0 Å². The molecule has 0 aromatic heterocycles. The van der Waals surface area contributed by atoms with E-state index in [1.54, 1.807) is 6.92 Å². The first-order valence-corrected chi connectivity index (χ1v) is 3.31. The van der Waals surface area contributed by atoms with Crippen LogP contribution in [0.3, 0.4) is 0 Å². The predicted molar refractivity (Wildman–Crippen MR) is 44.0 cm³/mol. The topological polar surface area (TPSA) is 52.3 Å². The van der Waals surface area contributed by atoms with Gasteiger partial charge in [-0.1, -0.05) is 13.2 Å². The Morgan fingerprint density at radius 3 is 2.45 bits per heavy atom. The van der Waals surface area contributed by atoms with Gasteiger partial charge >= 0.3 is 0 Å². The number of Topliss-reactive ketones (excluding diaryl/α,β-unsaturated/α-hetero) is 1. The van der Waals surface area contributed by atoms with E-state index in [4.69, 9.17) is 10.5 Å². The van der Waals surface area contributed by atoms with Crippen molar-refractivity contribution in [3.8, 4) is 0 Å². The number of ketones is 1. The molecule has 0 spiro atoms. The second-order valence-electron chi connectivity index (χ2n) is 2.17. The minimum absolute atomic E-state index is 0.114. The number of hydrogen-bond donors (Lipinski definition) is 1. The molecule has 0 aliphatic carbocycles. The Morgan fingerprint density at radius 2 is 2.09 bits per heavy atom. The third-order valence-electron chi connectivity index (χ3n) is 1.04. The standard InChI is InChI=1S/C8H13NO2/c1-6(2)8(10)7(3)11-5-4-9/h1,3-5,9H2,2H3. The molecule has 0 saturated heterocycles. The SMILES string of the molecule is C=C(C)C(=O)C(=C)OCCN. The van der Waals surface area contributed by atoms with Crippen molar-refractivity contribution in [3.63, 3.8) is 0 Å². The van der Waals surface area contributed by atoms with Gasteiger partial charge in [0.1, 0.15) is 6.61 Å². The van der Waals surface area contributed by atoms with Crippen molar-refractivity contribution in [3.05, 3.63) is 24.5 Å². The Balaban J connectivity index is 3.84. The van der Waals surface area contributed by atoms with Crippen LogP contribution >= 0.6 is 0 Å². The van der Waals surface area contributed by atoms with Crippen LogP contribution < -0.4 is 5.73 Å². The van der Waals surface area contributed by atoms with Crippen LogP contribution in [0, 0.1) is 0 Å². The lowest BCUT2D eigenvalue weighted by atomic mass is 10.2. The van der Waals surface area contributed by atoms with Crippen molar-refractivity contribution in [2.24, 2.45) is 5.73 Å². The van der Waals surface area contributed by atoms with Crippen molar-refractivity contribution < 1.29 is 9.53 Å². The van der Waals surface area contributed by atoms with Crippen LogP contribution in [-0.2, 0) is 9.53 Å². The third kappa shape index (κ3) is 3.57. The fraction of sp³-hybridized carbons (Fsp3) is 0.375. The highest BCUT2D eigenvalue weighted by Crippen LogP contribution is 2.01. The Kier molecular flexibility index (Phi) is 4.22. The van der Waals surface area contributed by atoms with Crippen LogP contribution in [0.5, 0.6) is 0 Å². The molecular weight excluding hydrogens is 142 g/mol. The number of carbonyl (C=O) groups excluding carboxylic acids is 1. The van der Waals surface area contributed by atoms with Crippen LogP contribution in [0.15, 0.2) is 24.5 Å². The van der Waals surface area contributed by atoms with Gasteiger partial charge in [-0.05, 0) is 12.5 Å². The second kappa shape index (κ2) is 4.68. The molecule has 11 heavy (non-hydrogen) atoms. The molecular formula is C8H13NO2. The predicted octanol–water partition coefficient (Wildman–Crippen LogP) is 0.621. The summed E-state index contributed by atoms with van der Waals surface area (Å²) in [5, 5.41) is 0. The molecule has 3 heteroatoms. The van der Waals surface area contributed by atoms with Gasteiger partial charge in [-0.3, -0.25) is 4.79 Å². The average Bonchev–Trinajstić information content (AvgIpc) is 1.98. The quantitative estimate of drug-likeness (QED) is 0.467. The summed E-state index contributed by atoms with van der Waals surface area (Å²) in [6, 6.07) is 0. The number of hydrogen-bond acceptors (Lipinski definition) is 3. The van der Waals surface area contributed by atoms with E-state index in [1.165, 1.54) is 0 Å². The molecule has 0 unspecified atom stereocenters. The van der Waals surface area contributed by atoms with Gasteiger partial charge in [0.05, 0.1) is 0 Å². The zero-order valence-electron chi connectivity index (χ0n) is 6.72. The Morgan fingerprint density at radius 1 is 1.55 bits per heavy atom. The molecule has 0 bridgehead atoms. The fourth-order valence-electron chi connectivity index (χ4n) is 0.486. The molecule has 0 saturated carbocycles. The first kappa shape index (κ1) is 9.91. The average molecular weight is 155 g/mol. The Hall–Kier alpha value is -1.09. The summed E-state index contributed by atoms with van der Waals surface area (Å²) < 4.78 is 4.88. The normalized spacial score (nSPS) is 8.91. The van der Waals surface area contributed by atoms with Crippen LogP contribution in [0.2, 0.25) is 0 Å². The lowest BCUT2D eigenvalue weighted by Crippen LogP contribution is -2.12. The maximum atomic E-state index is 11.0. The third-order valence-corrected chi connectivity index (χ3v) is 1.04. The number of nitrogens with two attached hydrogens (primary N) is 1. The minimum Gasteiger partial charge on any atom is -0.489 e. The molecule has 3 nitrogen and oxygen atoms in total. The number of ether oxygens (including phenoxy) is 1. The zero-order valence-corrected chi connectivity index (χ0v) is 6.72. The molecule has 0 radical (unpaired) electrons. The van der Waals surface area contributed by atoms with Crippen LogP contribution in [0.4, 0.5) is 0 Å². The summed E-state index contributed by atoms with van der Waals surface area (Å²) in [6.45, 7) is 9.19. The molecule has 0 atom stereocenters. The lowest BCUT2D eigenvalue weighted by Gasteiger charge is -2.05. The Labute approximate surface area is 66.5 Å². The van der Waals surface area contributed by atoms with E-state index in [2.05, 4.69) is 13.2 Å². The van der Waals surface area contributed by atoms with E-state index in [0.29, 0.717) is 18.7 Å². The highest BCUT2D eigenvalue weighted by Gasteiger charge is 2.07. The zero-order chi connectivity index (χ0) is 8.85. The van der Waals surface area contributed by atoms with Crippen molar-refractivity contribution in [1.82, 2.24) is 0 Å². The molecule has 62 valence electrons. The van der Waals surface area contributed by atoms with Gasteiger partial charge in [0.15, 0.2) is 5.76 Å². The maximum Gasteiger partial charge on any atom is 0.222 e. The number of rotatable bonds is 5. The van der Waals surface area contributed by atoms with Gasteiger partial charge in [-0.25, -0.2) is 0 Å². The van der Waals surface area contributed by atoms with Gasteiger partial charge in [0.2, 0.25) is 5.78 Å². The smallest absolute Gasteiger partial charge is 0.222 e. The summed E-state index contributed by atoms with van der Waals surface area (Å²) >= 11 is 0. The summed E-state index contributed by atoms with van der Waals surface area (Å²) in [6.07, 6.45) is 0. The van der Waals surface area contributed by atoms with E-state index in [0.717, 1.165) is 0 Å². The molecule has 2 N–H and O–H groups in total. The summed E-state index contributed by atoms with van der Waals surface area (Å²) in [5.41, 5.74) is 5.58. The van der Waals surface area contributed by atoms with Crippen LogP contribution in [0.25, 0.3) is 0 Å². The lowest BCUT2D eigenvalue weighted by molar-refractivity contribution is -0.115. The van der Waals surface area contributed by atoms with E-state index >= 15 is 0 Å². The Bertz CT molecular complexity index is 185. The van der Waals surface area contributed by atoms with Crippen molar-refractivity contribution in [2.75, 3.05) is 13.2 Å². The molecule has 0 fully saturated rings. The highest BCUT2D eigenvalue weighted by molar-refractivity contribution is 6.05. The van der Waals surface area contributed by atoms with E-state index < -0.39 is 0 Å². The summed E-state index contributed by atoms with van der Waals surface area (Å²) in [5.74, 6) is -0.138. The minimum atomic E-state index is -0.251. The molecule has 0 heterocycles. The number of allylic oxidation sites excluding steroid dienone is 1. The maximum absolute atomic E-state index is 11.0. The molecule has 0 aromatic carbocycles. The fourth-order valence-corrected chi connectivity index (χ4v) is 0.486. The molecule has 0 rings (SSSR count). The molecule has 0 amide bonds. The first-order valence-electron chi connectivity index (χ1n) is 3.31. The monoisotopic (exact) mass is 155 g/mol. The van der Waals surface area contributed by atoms with Crippen molar-refractivity contribution in [2.45, 2.75) is 6.92 Å². The van der Waals surface area contributed by atoms with Gasteiger partial charge < -0.3 is 10.5 Å². The van der Waals surface area contributed by atoms with E-state index in [-0.39, 0.29) is 11.5 Å². The van der Waals surface area contributed by atoms with Gasteiger partial charge in [0, 0.05) is 6.54 Å². The van der Waals surface area contributed by atoms with Crippen molar-refractivity contribution >= 4 is 5.78 Å². The number of carbonyl (C=O) groups is 1. The largest absolute Gasteiger partial charge is 0.489 e. The van der Waals surface area contributed by atoms with Gasteiger partial charge in [0.25, 0.3) is 0 Å². The molecule has 0 aliphatic heterocycles. The molecule has 0 aromatic rings. The summed E-state index contributed by atoms with van der Waals surface area (Å²) in [4.78, 5) is 11.0. The van der Waals surface area contributed by atoms with Crippen molar-refractivity contribution in [1.29, 1.82) is 0 Å². The highest BCUT2D eigenvalue weighted by atomic mass is 16.5. The molecule has 0 aliphatic rings. The van der Waals surface area contributed by atoms with E-state index in [1.807, 2.05) is 0 Å². The van der Waals surface area contributed by atoms with E-state index in [9.17, 15) is 4.79 Å². The van der Waals surface area contributed by atoms with Crippen LogP contribution in [-0.4, -0.2) is 18.9 Å². The van der Waals surface area contributed by atoms with Gasteiger partial charge in [-0.2, -0.15) is 0 Å². The summed E-state index contributed by atoms with van der Waals surface area (Å²) in [7, 11) is 0. The van der Waals surface area contributed by atoms with Crippen LogP contribution in [0.1, 0.15) is 6.92 Å². The second-order valence-corrected chi connectivity index (χ2v) is 2.17. The first-order chi connectivity index (χ1) is 5.09.